The fraction of sp³-hybridized carbons (Fsp3) is 0.429. The Morgan fingerprint density at radius 1 is 1.30 bits per heavy atom. The van der Waals surface area contributed by atoms with Crippen LogP contribution in [-0.2, 0) is 6.42 Å². The number of rotatable bonds is 4. The van der Waals surface area contributed by atoms with Crippen LogP contribution in [0.1, 0.15) is 23.4 Å². The first-order valence-electron chi connectivity index (χ1n) is 6.70. The lowest BCUT2D eigenvalue weighted by Gasteiger charge is -2.20. The lowest BCUT2D eigenvalue weighted by Crippen LogP contribution is -2.31. The maximum Gasteiger partial charge on any atom is 0.208 e. The maximum absolute atomic E-state index is 9.37. The highest BCUT2D eigenvalue weighted by Gasteiger charge is 2.26. The Hall–Kier alpha value is -1.17. The minimum atomic E-state index is 0.187. The summed E-state index contributed by atoms with van der Waals surface area (Å²) in [6.07, 6.45) is 2.91. The van der Waals surface area contributed by atoms with E-state index >= 15 is 0 Å². The first kappa shape index (κ1) is 13.8. The van der Waals surface area contributed by atoms with Crippen molar-refractivity contribution in [2.75, 3.05) is 18.1 Å². The van der Waals surface area contributed by atoms with Crippen molar-refractivity contribution in [1.29, 1.82) is 0 Å². The third kappa shape index (κ3) is 2.95. The van der Waals surface area contributed by atoms with Gasteiger partial charge in [-0.2, -0.15) is 0 Å². The minimum Gasteiger partial charge on any atom is -0.394 e. The van der Waals surface area contributed by atoms with Crippen LogP contribution in [0.5, 0.6) is 0 Å². The van der Waals surface area contributed by atoms with Crippen LogP contribution in [0.25, 0.3) is 0 Å². The number of benzene rings is 1. The zero-order chi connectivity index (χ0) is 13.9. The van der Waals surface area contributed by atoms with Crippen molar-refractivity contribution in [2.45, 2.75) is 25.3 Å². The minimum absolute atomic E-state index is 0.187. The van der Waals surface area contributed by atoms with Crippen molar-refractivity contribution in [3.63, 3.8) is 0 Å². The number of halogens is 1. The van der Waals surface area contributed by atoms with Gasteiger partial charge in [-0.25, -0.2) is 0 Å². The second-order valence-electron chi connectivity index (χ2n) is 4.95. The molecule has 20 heavy (non-hydrogen) atoms. The van der Waals surface area contributed by atoms with Gasteiger partial charge in [-0.3, -0.25) is 0 Å². The van der Waals surface area contributed by atoms with E-state index in [0.29, 0.717) is 0 Å². The summed E-state index contributed by atoms with van der Waals surface area (Å²) in [7, 11) is 0. The van der Waals surface area contributed by atoms with Crippen molar-refractivity contribution in [2.24, 2.45) is 0 Å². The summed E-state index contributed by atoms with van der Waals surface area (Å²) in [6, 6.07) is 8.00. The molecule has 2 heterocycles. The van der Waals surface area contributed by atoms with E-state index in [9.17, 15) is 5.11 Å². The SMILES string of the molecule is OCC1CCCN1c1nnc(Cc2ccc(Cl)cc2)s1. The standard InChI is InChI=1S/C14H16ClN3OS/c15-11-5-3-10(4-6-11)8-13-16-17-14(20-13)18-7-1-2-12(18)9-19/h3-6,12,19H,1-2,7-9H2. The molecule has 1 N–H and O–H groups in total. The van der Waals surface area contributed by atoms with Crippen LogP contribution in [-0.4, -0.2) is 34.5 Å². The molecule has 1 unspecified atom stereocenters. The van der Waals surface area contributed by atoms with Gasteiger partial charge < -0.3 is 10.0 Å². The summed E-state index contributed by atoms with van der Waals surface area (Å²) >= 11 is 7.49. The predicted octanol–water partition coefficient (Wildman–Crippen LogP) is 2.74. The van der Waals surface area contributed by atoms with Gasteiger partial charge >= 0.3 is 0 Å². The van der Waals surface area contributed by atoms with E-state index in [1.165, 1.54) is 5.56 Å². The van der Waals surface area contributed by atoms with Gasteiger partial charge in [0.05, 0.1) is 12.6 Å². The lowest BCUT2D eigenvalue weighted by atomic mass is 10.2. The summed E-state index contributed by atoms with van der Waals surface area (Å²) in [5.41, 5.74) is 1.18. The summed E-state index contributed by atoms with van der Waals surface area (Å²) < 4.78 is 0. The third-order valence-electron chi connectivity index (χ3n) is 3.56. The number of anilines is 1. The van der Waals surface area contributed by atoms with Crippen LogP contribution in [0, 0.1) is 0 Å². The fourth-order valence-corrected chi connectivity index (χ4v) is 3.58. The van der Waals surface area contributed by atoms with E-state index in [0.717, 1.165) is 41.0 Å². The smallest absolute Gasteiger partial charge is 0.208 e. The third-order valence-corrected chi connectivity index (χ3v) is 4.77. The molecule has 1 atom stereocenters. The molecule has 0 radical (unpaired) electrons. The Morgan fingerprint density at radius 3 is 2.85 bits per heavy atom. The average Bonchev–Trinajstić information content (AvgIpc) is 3.09. The number of aliphatic hydroxyl groups excluding tert-OH is 1. The number of aliphatic hydroxyl groups is 1. The van der Waals surface area contributed by atoms with Crippen molar-refractivity contribution >= 4 is 28.1 Å². The highest BCUT2D eigenvalue weighted by atomic mass is 35.5. The van der Waals surface area contributed by atoms with Gasteiger partial charge in [0.25, 0.3) is 0 Å². The molecule has 1 aliphatic heterocycles. The first-order chi connectivity index (χ1) is 9.76. The quantitative estimate of drug-likeness (QED) is 0.943. The molecule has 106 valence electrons. The van der Waals surface area contributed by atoms with Crippen molar-refractivity contribution in [3.05, 3.63) is 39.9 Å². The molecular formula is C14H16ClN3OS. The first-order valence-corrected chi connectivity index (χ1v) is 7.90. The predicted molar refractivity (Wildman–Crippen MR) is 81.6 cm³/mol. The van der Waals surface area contributed by atoms with E-state index in [1.807, 2.05) is 24.3 Å². The Morgan fingerprint density at radius 2 is 2.10 bits per heavy atom. The fourth-order valence-electron chi connectivity index (χ4n) is 2.49. The van der Waals surface area contributed by atoms with E-state index in [4.69, 9.17) is 11.6 Å². The average molecular weight is 310 g/mol. The Balaban J connectivity index is 1.72. The molecule has 1 fully saturated rings. The molecule has 0 amide bonds. The Bertz CT molecular complexity index is 572. The van der Waals surface area contributed by atoms with E-state index < -0.39 is 0 Å². The van der Waals surface area contributed by atoms with Crippen molar-refractivity contribution < 1.29 is 5.11 Å². The Kier molecular flexibility index (Phi) is 4.19. The molecule has 1 aliphatic rings. The second-order valence-corrected chi connectivity index (χ2v) is 6.43. The summed E-state index contributed by atoms with van der Waals surface area (Å²) in [5, 5.41) is 20.6. The van der Waals surface area contributed by atoms with Gasteiger partial charge in [0, 0.05) is 18.0 Å². The van der Waals surface area contributed by atoms with E-state index in [1.54, 1.807) is 11.3 Å². The number of nitrogens with zero attached hydrogens (tertiary/aromatic N) is 3. The topological polar surface area (TPSA) is 49.2 Å². The van der Waals surface area contributed by atoms with Crippen LogP contribution in [0.2, 0.25) is 5.02 Å². The lowest BCUT2D eigenvalue weighted by molar-refractivity contribution is 0.266. The largest absolute Gasteiger partial charge is 0.394 e. The van der Waals surface area contributed by atoms with Gasteiger partial charge in [-0.1, -0.05) is 35.1 Å². The summed E-state index contributed by atoms with van der Waals surface area (Å²) in [5.74, 6) is 0. The Labute approximate surface area is 127 Å². The van der Waals surface area contributed by atoms with E-state index in [-0.39, 0.29) is 12.6 Å². The highest BCUT2D eigenvalue weighted by Crippen LogP contribution is 2.29. The molecule has 1 aromatic heterocycles. The monoisotopic (exact) mass is 309 g/mol. The molecule has 4 nitrogen and oxygen atoms in total. The molecule has 0 saturated carbocycles. The molecule has 1 saturated heterocycles. The van der Waals surface area contributed by atoms with Gasteiger partial charge in [0.1, 0.15) is 5.01 Å². The van der Waals surface area contributed by atoms with E-state index in [2.05, 4.69) is 15.1 Å². The number of aromatic nitrogens is 2. The van der Waals surface area contributed by atoms with Crippen molar-refractivity contribution in [1.82, 2.24) is 10.2 Å². The van der Waals surface area contributed by atoms with Gasteiger partial charge in [0.15, 0.2) is 0 Å². The molecule has 3 rings (SSSR count). The second kappa shape index (κ2) is 6.08. The summed E-state index contributed by atoms with van der Waals surface area (Å²) in [6.45, 7) is 1.15. The van der Waals surface area contributed by atoms with Gasteiger partial charge in [0.2, 0.25) is 5.13 Å². The zero-order valence-corrected chi connectivity index (χ0v) is 12.6. The molecular weight excluding hydrogens is 294 g/mol. The number of hydrogen-bond acceptors (Lipinski definition) is 5. The van der Waals surface area contributed by atoms with Gasteiger partial charge in [-0.15, -0.1) is 10.2 Å². The molecule has 1 aromatic carbocycles. The maximum atomic E-state index is 9.37. The van der Waals surface area contributed by atoms with Gasteiger partial charge in [-0.05, 0) is 30.5 Å². The van der Waals surface area contributed by atoms with Crippen LogP contribution < -0.4 is 4.90 Å². The molecule has 2 aromatic rings. The highest BCUT2D eigenvalue weighted by molar-refractivity contribution is 7.15. The molecule has 0 spiro atoms. The van der Waals surface area contributed by atoms with Crippen LogP contribution in [0.15, 0.2) is 24.3 Å². The normalized spacial score (nSPS) is 18.7. The summed E-state index contributed by atoms with van der Waals surface area (Å²) in [4.78, 5) is 2.17. The molecule has 0 bridgehead atoms. The van der Waals surface area contributed by atoms with Crippen LogP contribution in [0.4, 0.5) is 5.13 Å². The number of hydrogen-bond donors (Lipinski definition) is 1. The molecule has 0 aliphatic carbocycles. The van der Waals surface area contributed by atoms with Crippen molar-refractivity contribution in [3.8, 4) is 0 Å². The van der Waals surface area contributed by atoms with Crippen LogP contribution >= 0.6 is 22.9 Å². The zero-order valence-electron chi connectivity index (χ0n) is 11.0. The molecule has 6 heteroatoms. The van der Waals surface area contributed by atoms with Crippen LogP contribution in [0.3, 0.4) is 0 Å².